The molecule has 1 heterocycles. The summed E-state index contributed by atoms with van der Waals surface area (Å²) in [5.74, 6) is -0.604. The molecule has 0 fully saturated rings. The fourth-order valence-electron chi connectivity index (χ4n) is 2.11. The Hall–Kier alpha value is -1.97. The van der Waals surface area contributed by atoms with Crippen molar-refractivity contribution in [3.05, 3.63) is 30.0 Å². The van der Waals surface area contributed by atoms with Gasteiger partial charge in [0.15, 0.2) is 0 Å². The van der Waals surface area contributed by atoms with Crippen molar-refractivity contribution >= 4 is 16.9 Å². The molecule has 90 valence electrons. The van der Waals surface area contributed by atoms with Crippen LogP contribution in [0.5, 0.6) is 5.75 Å². The van der Waals surface area contributed by atoms with E-state index in [0.29, 0.717) is 6.42 Å². The Balaban J connectivity index is 2.51. The molecule has 0 radical (unpaired) electrons. The van der Waals surface area contributed by atoms with E-state index in [2.05, 4.69) is 0 Å². The maximum Gasteiger partial charge on any atom is 0.303 e. The predicted octanol–water partition coefficient (Wildman–Crippen LogP) is 2.38. The minimum Gasteiger partial charge on any atom is -0.507 e. The normalized spacial score (nSPS) is 10.9. The summed E-state index contributed by atoms with van der Waals surface area (Å²) in [6, 6.07) is 5.36. The topological polar surface area (TPSA) is 62.5 Å². The molecule has 1 aromatic heterocycles. The second kappa shape index (κ2) is 4.49. The van der Waals surface area contributed by atoms with E-state index in [1.165, 1.54) is 0 Å². The molecule has 2 aromatic rings. The molecule has 2 rings (SSSR count). The third kappa shape index (κ3) is 2.11. The zero-order chi connectivity index (χ0) is 12.4. The second-order valence-electron chi connectivity index (χ2n) is 4.01. The van der Waals surface area contributed by atoms with Crippen molar-refractivity contribution in [3.8, 4) is 5.75 Å². The van der Waals surface area contributed by atoms with E-state index in [1.807, 2.05) is 23.8 Å². The molecule has 0 aliphatic carbocycles. The number of aromatic nitrogens is 1. The van der Waals surface area contributed by atoms with Crippen LogP contribution in [0.15, 0.2) is 24.4 Å². The lowest BCUT2D eigenvalue weighted by Gasteiger charge is -2.00. The van der Waals surface area contributed by atoms with Crippen LogP contribution in [-0.4, -0.2) is 20.7 Å². The van der Waals surface area contributed by atoms with Crippen LogP contribution in [0, 0.1) is 0 Å². The maximum atomic E-state index is 10.6. The molecule has 2 N–H and O–H groups in total. The number of aryl methyl sites for hydroxylation is 2. The van der Waals surface area contributed by atoms with Crippen molar-refractivity contribution in [2.24, 2.45) is 0 Å². The molecule has 17 heavy (non-hydrogen) atoms. The molecule has 1 aromatic carbocycles. The van der Waals surface area contributed by atoms with Crippen LogP contribution in [0.2, 0.25) is 0 Å². The molecule has 0 spiro atoms. The summed E-state index contributed by atoms with van der Waals surface area (Å²) in [6.07, 6.45) is 2.45. The summed E-state index contributed by atoms with van der Waals surface area (Å²) < 4.78 is 2.02. The molecule has 0 aliphatic heterocycles. The number of carbonyl (C=O) groups is 1. The summed E-state index contributed by atoms with van der Waals surface area (Å²) in [5.41, 5.74) is 1.84. The molecule has 0 saturated heterocycles. The Labute approximate surface area is 99.1 Å². The number of carboxylic acids is 1. The van der Waals surface area contributed by atoms with Gasteiger partial charge < -0.3 is 14.8 Å². The summed E-state index contributed by atoms with van der Waals surface area (Å²) in [6.45, 7) is 2.82. The van der Waals surface area contributed by atoms with Crippen LogP contribution in [-0.2, 0) is 17.8 Å². The molecule has 0 unspecified atom stereocenters. The number of aliphatic carboxylic acids is 1. The van der Waals surface area contributed by atoms with Gasteiger partial charge in [0.1, 0.15) is 5.75 Å². The van der Waals surface area contributed by atoms with Crippen LogP contribution >= 0.6 is 0 Å². The highest BCUT2D eigenvalue weighted by atomic mass is 16.4. The van der Waals surface area contributed by atoms with Crippen LogP contribution in [0.4, 0.5) is 0 Å². The van der Waals surface area contributed by atoms with Gasteiger partial charge in [-0.25, -0.2) is 0 Å². The van der Waals surface area contributed by atoms with Gasteiger partial charge >= 0.3 is 5.97 Å². The highest BCUT2D eigenvalue weighted by molar-refractivity contribution is 5.90. The number of aromatic hydroxyl groups is 1. The first-order valence-corrected chi connectivity index (χ1v) is 5.65. The summed E-state index contributed by atoms with van der Waals surface area (Å²) in [7, 11) is 0. The Kier molecular flexibility index (Phi) is 3.04. The number of phenolic OH excluding ortho intramolecular Hbond substituents is 1. The van der Waals surface area contributed by atoms with E-state index in [-0.39, 0.29) is 12.2 Å². The first-order valence-electron chi connectivity index (χ1n) is 5.65. The van der Waals surface area contributed by atoms with E-state index in [9.17, 15) is 9.90 Å². The maximum absolute atomic E-state index is 10.6. The van der Waals surface area contributed by atoms with Gasteiger partial charge in [-0.3, -0.25) is 4.79 Å². The van der Waals surface area contributed by atoms with E-state index >= 15 is 0 Å². The van der Waals surface area contributed by atoms with Crippen molar-refractivity contribution in [2.45, 2.75) is 26.3 Å². The molecular formula is C13H15NO3. The molecule has 0 bridgehead atoms. The SMILES string of the molecule is CCn1cc(CCC(=O)O)c2c(O)cccc21. The van der Waals surface area contributed by atoms with Crippen LogP contribution in [0.25, 0.3) is 10.9 Å². The highest BCUT2D eigenvalue weighted by Crippen LogP contribution is 2.30. The number of carboxylic acid groups (broad SMARTS) is 1. The number of hydrogen-bond acceptors (Lipinski definition) is 2. The minimum atomic E-state index is -0.821. The van der Waals surface area contributed by atoms with Crippen LogP contribution in [0.3, 0.4) is 0 Å². The molecular weight excluding hydrogens is 218 g/mol. The first kappa shape index (κ1) is 11.5. The zero-order valence-electron chi connectivity index (χ0n) is 9.68. The molecule has 4 heteroatoms. The largest absolute Gasteiger partial charge is 0.507 e. The number of nitrogens with zero attached hydrogens (tertiary/aromatic N) is 1. The van der Waals surface area contributed by atoms with Gasteiger partial charge in [0.25, 0.3) is 0 Å². The number of hydrogen-bond donors (Lipinski definition) is 2. The van der Waals surface area contributed by atoms with Crippen molar-refractivity contribution in [3.63, 3.8) is 0 Å². The predicted molar refractivity (Wildman–Crippen MR) is 65.2 cm³/mol. The fourth-order valence-corrected chi connectivity index (χ4v) is 2.11. The van der Waals surface area contributed by atoms with Crippen molar-refractivity contribution in [1.29, 1.82) is 0 Å². The summed E-state index contributed by atoms with van der Waals surface area (Å²) >= 11 is 0. The van der Waals surface area contributed by atoms with Crippen molar-refractivity contribution in [1.82, 2.24) is 4.57 Å². The van der Waals surface area contributed by atoms with E-state index in [0.717, 1.165) is 23.0 Å². The summed E-state index contributed by atoms with van der Waals surface area (Å²) in [4.78, 5) is 10.6. The van der Waals surface area contributed by atoms with Gasteiger partial charge in [-0.1, -0.05) is 6.07 Å². The first-order chi connectivity index (χ1) is 8.13. The second-order valence-corrected chi connectivity index (χ2v) is 4.01. The van der Waals surface area contributed by atoms with Crippen molar-refractivity contribution in [2.75, 3.05) is 0 Å². The highest BCUT2D eigenvalue weighted by Gasteiger charge is 2.12. The van der Waals surface area contributed by atoms with Gasteiger partial charge in [-0.15, -0.1) is 0 Å². The number of phenols is 1. The fraction of sp³-hybridized carbons (Fsp3) is 0.308. The zero-order valence-corrected chi connectivity index (χ0v) is 9.68. The molecule has 0 amide bonds. The lowest BCUT2D eigenvalue weighted by atomic mass is 10.1. The minimum absolute atomic E-state index is 0.0805. The molecule has 0 atom stereocenters. The van der Waals surface area contributed by atoms with Gasteiger partial charge in [-0.2, -0.15) is 0 Å². The molecule has 4 nitrogen and oxygen atoms in total. The number of benzene rings is 1. The van der Waals surface area contributed by atoms with E-state index < -0.39 is 5.97 Å². The third-order valence-electron chi connectivity index (χ3n) is 2.91. The monoisotopic (exact) mass is 233 g/mol. The van der Waals surface area contributed by atoms with Crippen molar-refractivity contribution < 1.29 is 15.0 Å². The smallest absolute Gasteiger partial charge is 0.303 e. The Morgan fingerprint density at radius 3 is 2.82 bits per heavy atom. The standard InChI is InChI=1S/C13H15NO3/c1-2-14-8-9(6-7-12(16)17)13-10(14)4-3-5-11(13)15/h3-5,8,15H,2,6-7H2,1H3,(H,16,17). The lowest BCUT2D eigenvalue weighted by molar-refractivity contribution is -0.136. The average molecular weight is 233 g/mol. The third-order valence-corrected chi connectivity index (χ3v) is 2.91. The van der Waals surface area contributed by atoms with E-state index in [4.69, 9.17) is 5.11 Å². The lowest BCUT2D eigenvalue weighted by Crippen LogP contribution is -1.97. The quantitative estimate of drug-likeness (QED) is 0.852. The van der Waals surface area contributed by atoms with Gasteiger partial charge in [0.2, 0.25) is 0 Å². The number of fused-ring (bicyclic) bond motifs is 1. The van der Waals surface area contributed by atoms with Gasteiger partial charge in [0.05, 0.1) is 5.52 Å². The molecule has 0 aliphatic rings. The summed E-state index contributed by atoms with van der Waals surface area (Å²) in [5, 5.41) is 19.3. The average Bonchev–Trinajstić information content (AvgIpc) is 2.66. The van der Waals surface area contributed by atoms with Crippen LogP contribution in [0.1, 0.15) is 18.9 Å². The Bertz CT molecular complexity index is 557. The van der Waals surface area contributed by atoms with Gasteiger partial charge in [0, 0.05) is 24.5 Å². The van der Waals surface area contributed by atoms with Crippen LogP contribution < -0.4 is 0 Å². The Morgan fingerprint density at radius 1 is 1.41 bits per heavy atom. The van der Waals surface area contributed by atoms with Gasteiger partial charge in [-0.05, 0) is 31.0 Å². The van der Waals surface area contributed by atoms with E-state index in [1.54, 1.807) is 12.1 Å². The number of rotatable bonds is 4. The Morgan fingerprint density at radius 2 is 2.18 bits per heavy atom. The molecule has 0 saturated carbocycles.